The maximum Gasteiger partial charge on any atom is 0.258 e. The van der Waals surface area contributed by atoms with Gasteiger partial charge in [0.05, 0.1) is 30.1 Å². The number of rotatable bonds is 3. The average Bonchev–Trinajstić information content (AvgIpc) is 3.08. The summed E-state index contributed by atoms with van der Waals surface area (Å²) in [6.45, 7) is 1.27. The molecule has 0 radical (unpaired) electrons. The van der Waals surface area contributed by atoms with Gasteiger partial charge in [-0.1, -0.05) is 0 Å². The molecule has 1 saturated heterocycles. The van der Waals surface area contributed by atoms with Gasteiger partial charge in [-0.05, 0) is 18.6 Å². The van der Waals surface area contributed by atoms with Gasteiger partial charge in [0.1, 0.15) is 11.6 Å². The van der Waals surface area contributed by atoms with Gasteiger partial charge in [-0.15, -0.1) is 0 Å². The second-order valence-electron chi connectivity index (χ2n) is 4.80. The largest absolute Gasteiger partial charge is 0.379 e. The van der Waals surface area contributed by atoms with Gasteiger partial charge in [0.15, 0.2) is 0 Å². The lowest BCUT2D eigenvalue weighted by molar-refractivity contribution is 0.102. The number of anilines is 1. The van der Waals surface area contributed by atoms with Crippen LogP contribution in [0.15, 0.2) is 30.6 Å². The number of carbonyl (C=O) groups is 1. The molecule has 0 saturated carbocycles. The Morgan fingerprint density at radius 3 is 3.00 bits per heavy atom. The van der Waals surface area contributed by atoms with Crippen LogP contribution >= 0.6 is 0 Å². The van der Waals surface area contributed by atoms with Crippen molar-refractivity contribution in [2.24, 2.45) is 0 Å². The number of amides is 1. The third-order valence-corrected chi connectivity index (χ3v) is 3.31. The van der Waals surface area contributed by atoms with Crippen molar-refractivity contribution < 1.29 is 18.3 Å². The van der Waals surface area contributed by atoms with Gasteiger partial charge >= 0.3 is 0 Å². The van der Waals surface area contributed by atoms with E-state index in [1.54, 1.807) is 10.9 Å². The van der Waals surface area contributed by atoms with Gasteiger partial charge in [-0.3, -0.25) is 9.48 Å². The number of benzene rings is 1. The number of nitrogens with zero attached hydrogens (tertiary/aromatic N) is 2. The summed E-state index contributed by atoms with van der Waals surface area (Å²) >= 11 is 0. The molecule has 2 heterocycles. The van der Waals surface area contributed by atoms with Crippen LogP contribution in [0.5, 0.6) is 0 Å². The minimum Gasteiger partial charge on any atom is -0.379 e. The van der Waals surface area contributed by atoms with Crippen molar-refractivity contribution in [3.63, 3.8) is 0 Å². The van der Waals surface area contributed by atoms with E-state index in [2.05, 4.69) is 10.4 Å². The second kappa shape index (κ2) is 5.61. The Labute approximate surface area is 119 Å². The highest BCUT2D eigenvalue weighted by atomic mass is 19.1. The summed E-state index contributed by atoms with van der Waals surface area (Å²) in [5, 5.41) is 6.69. The van der Waals surface area contributed by atoms with Gasteiger partial charge in [0.25, 0.3) is 5.91 Å². The summed E-state index contributed by atoms with van der Waals surface area (Å²) in [6.07, 6.45) is 4.01. The molecule has 21 heavy (non-hydrogen) atoms. The number of halogens is 2. The van der Waals surface area contributed by atoms with Gasteiger partial charge in [-0.25, -0.2) is 8.78 Å². The lowest BCUT2D eigenvalue weighted by atomic mass is 10.2. The van der Waals surface area contributed by atoms with Crippen LogP contribution < -0.4 is 5.32 Å². The predicted molar refractivity (Wildman–Crippen MR) is 71.0 cm³/mol. The number of hydrogen-bond donors (Lipinski definition) is 1. The Kier molecular flexibility index (Phi) is 3.66. The third kappa shape index (κ3) is 2.92. The first-order chi connectivity index (χ1) is 10.1. The molecule has 1 aromatic carbocycles. The van der Waals surface area contributed by atoms with Crippen molar-refractivity contribution in [3.8, 4) is 0 Å². The summed E-state index contributed by atoms with van der Waals surface area (Å²) in [7, 11) is 0. The molecule has 0 bridgehead atoms. The van der Waals surface area contributed by atoms with Crippen LogP contribution in [-0.2, 0) is 4.74 Å². The van der Waals surface area contributed by atoms with Crippen LogP contribution in [0, 0.1) is 11.6 Å². The monoisotopic (exact) mass is 293 g/mol. The topological polar surface area (TPSA) is 56.2 Å². The zero-order valence-electron chi connectivity index (χ0n) is 11.1. The van der Waals surface area contributed by atoms with E-state index < -0.39 is 17.5 Å². The maximum absolute atomic E-state index is 13.5. The van der Waals surface area contributed by atoms with Crippen molar-refractivity contribution in [1.82, 2.24) is 9.78 Å². The molecule has 1 atom stereocenters. The lowest BCUT2D eigenvalue weighted by Gasteiger charge is -2.07. The molecule has 0 aliphatic carbocycles. The van der Waals surface area contributed by atoms with Crippen LogP contribution in [0.25, 0.3) is 0 Å². The van der Waals surface area contributed by atoms with Crippen LogP contribution in [0.1, 0.15) is 22.8 Å². The van der Waals surface area contributed by atoms with Crippen LogP contribution in [0.2, 0.25) is 0 Å². The van der Waals surface area contributed by atoms with E-state index in [0.29, 0.717) is 25.0 Å². The number of ether oxygens (including phenoxy) is 1. The molecule has 2 aromatic rings. The van der Waals surface area contributed by atoms with E-state index in [1.807, 2.05) is 0 Å². The highest BCUT2D eigenvalue weighted by Gasteiger charge is 2.19. The summed E-state index contributed by atoms with van der Waals surface area (Å²) < 4.78 is 33.3. The molecule has 1 amide bonds. The molecule has 3 rings (SSSR count). The Morgan fingerprint density at radius 2 is 2.29 bits per heavy atom. The van der Waals surface area contributed by atoms with E-state index in [9.17, 15) is 13.6 Å². The highest BCUT2D eigenvalue weighted by molar-refractivity contribution is 6.04. The molecule has 1 aliphatic rings. The first-order valence-corrected chi connectivity index (χ1v) is 6.52. The molecule has 110 valence electrons. The molecular weight excluding hydrogens is 280 g/mol. The number of hydrogen-bond acceptors (Lipinski definition) is 3. The van der Waals surface area contributed by atoms with E-state index in [-0.39, 0.29) is 11.6 Å². The normalized spacial score (nSPS) is 17.9. The van der Waals surface area contributed by atoms with E-state index in [4.69, 9.17) is 4.74 Å². The van der Waals surface area contributed by atoms with Crippen molar-refractivity contribution in [2.45, 2.75) is 12.5 Å². The minimum atomic E-state index is -0.899. The maximum atomic E-state index is 13.5. The quantitative estimate of drug-likeness (QED) is 0.945. The molecule has 7 heteroatoms. The van der Waals surface area contributed by atoms with E-state index in [1.165, 1.54) is 6.20 Å². The number of nitrogens with one attached hydrogen (secondary N) is 1. The molecule has 1 aliphatic heterocycles. The average molecular weight is 293 g/mol. The molecular formula is C14H13F2N3O2. The molecule has 1 unspecified atom stereocenters. The zero-order valence-corrected chi connectivity index (χ0v) is 11.1. The molecule has 1 fully saturated rings. The minimum absolute atomic E-state index is 0.151. The van der Waals surface area contributed by atoms with Gasteiger partial charge in [0, 0.05) is 18.9 Å². The molecule has 1 N–H and O–H groups in total. The summed E-state index contributed by atoms with van der Waals surface area (Å²) in [6, 6.07) is 2.97. The Morgan fingerprint density at radius 1 is 1.43 bits per heavy atom. The van der Waals surface area contributed by atoms with Crippen molar-refractivity contribution >= 4 is 11.6 Å². The van der Waals surface area contributed by atoms with Crippen molar-refractivity contribution in [3.05, 3.63) is 47.8 Å². The molecule has 5 nitrogen and oxygen atoms in total. The van der Waals surface area contributed by atoms with Gasteiger partial charge in [-0.2, -0.15) is 5.10 Å². The summed E-state index contributed by atoms with van der Waals surface area (Å²) in [5.41, 5.74) is 0.240. The SMILES string of the molecule is O=C(Nc1cnn(C2CCOC2)c1)c1ccc(F)cc1F. The first-order valence-electron chi connectivity index (χ1n) is 6.52. The third-order valence-electron chi connectivity index (χ3n) is 3.31. The number of aromatic nitrogens is 2. The van der Waals surface area contributed by atoms with Crippen LogP contribution in [0.3, 0.4) is 0 Å². The van der Waals surface area contributed by atoms with Gasteiger partial charge < -0.3 is 10.1 Å². The highest BCUT2D eigenvalue weighted by Crippen LogP contribution is 2.20. The fraction of sp³-hybridized carbons (Fsp3) is 0.286. The predicted octanol–water partition coefficient (Wildman–Crippen LogP) is 2.38. The van der Waals surface area contributed by atoms with E-state index >= 15 is 0 Å². The van der Waals surface area contributed by atoms with Crippen LogP contribution in [0.4, 0.5) is 14.5 Å². The fourth-order valence-electron chi connectivity index (χ4n) is 2.21. The molecule has 1 aromatic heterocycles. The van der Waals surface area contributed by atoms with E-state index in [0.717, 1.165) is 18.6 Å². The Bertz CT molecular complexity index is 666. The second-order valence-corrected chi connectivity index (χ2v) is 4.80. The zero-order chi connectivity index (χ0) is 14.8. The van der Waals surface area contributed by atoms with Gasteiger partial charge in [0.2, 0.25) is 0 Å². The fourth-order valence-corrected chi connectivity index (χ4v) is 2.21. The Balaban J connectivity index is 1.72. The molecule has 0 spiro atoms. The summed E-state index contributed by atoms with van der Waals surface area (Å²) in [5.74, 6) is -2.27. The standard InChI is InChI=1S/C14H13F2N3O2/c15-9-1-2-12(13(16)5-9)14(20)18-10-6-17-19(7-10)11-3-4-21-8-11/h1-2,5-7,11H,3-4,8H2,(H,18,20). The van der Waals surface area contributed by atoms with Crippen molar-refractivity contribution in [2.75, 3.05) is 18.5 Å². The Hall–Kier alpha value is -2.28. The summed E-state index contributed by atoms with van der Waals surface area (Å²) in [4.78, 5) is 11.9. The van der Waals surface area contributed by atoms with Crippen LogP contribution in [-0.4, -0.2) is 28.9 Å². The first kappa shape index (κ1) is 13.7. The number of carbonyl (C=O) groups excluding carboxylic acids is 1. The lowest BCUT2D eigenvalue weighted by Crippen LogP contribution is -2.14. The van der Waals surface area contributed by atoms with Crippen molar-refractivity contribution in [1.29, 1.82) is 0 Å². The smallest absolute Gasteiger partial charge is 0.258 e.